The number of hydrogen-bond donors (Lipinski definition) is 5. The summed E-state index contributed by atoms with van der Waals surface area (Å²) < 4.78 is 0. The summed E-state index contributed by atoms with van der Waals surface area (Å²) in [6, 6.07) is 23.1. The van der Waals surface area contributed by atoms with Crippen LogP contribution in [0.15, 0.2) is 72.8 Å². The zero-order valence-electron chi connectivity index (χ0n) is 20.9. The molecule has 1 fully saturated rings. The lowest BCUT2D eigenvalue weighted by Crippen LogP contribution is -2.25. The van der Waals surface area contributed by atoms with Crippen LogP contribution in [0.1, 0.15) is 49.6 Å². The first-order valence-corrected chi connectivity index (χ1v) is 13.4. The number of carbonyl (C=O) groups is 2. The number of nitrogens with two attached hydrogens (primary N) is 2. The van der Waals surface area contributed by atoms with E-state index in [1.165, 1.54) is 11.3 Å². The maximum absolute atomic E-state index is 13.3. The maximum Gasteiger partial charge on any atom is 0.264 e. The molecule has 0 radical (unpaired) electrons. The van der Waals surface area contributed by atoms with Gasteiger partial charge in [0, 0.05) is 42.5 Å². The topological polar surface area (TPSA) is 135 Å². The Morgan fingerprint density at radius 2 is 1.68 bits per heavy atom. The standard InChI is InChI=1S/C29H30N6O2S/c30-15-19-7-4-8-20(13-19)25-26(28(37)32-17-18-5-2-1-3-6-18)38-29(35-25)34-24-14-21(9-10-22(24)16-31)27(36)33-23-11-12-23/h1-10,13-14,23H,11-12,15-17,30-31H2,(H,32,37)(H,33,36)(H,34,35). The van der Waals surface area contributed by atoms with E-state index in [1.807, 2.05) is 60.7 Å². The molecule has 0 spiro atoms. The van der Waals surface area contributed by atoms with Gasteiger partial charge in [0.15, 0.2) is 5.13 Å². The van der Waals surface area contributed by atoms with Gasteiger partial charge in [-0.25, -0.2) is 4.98 Å². The van der Waals surface area contributed by atoms with E-state index in [4.69, 9.17) is 16.5 Å². The minimum Gasteiger partial charge on any atom is -0.349 e. The third kappa shape index (κ3) is 6.08. The lowest BCUT2D eigenvalue weighted by molar-refractivity contribution is 0.0944. The molecule has 7 N–H and O–H groups in total. The van der Waals surface area contributed by atoms with Crippen molar-refractivity contribution >= 4 is 34.0 Å². The van der Waals surface area contributed by atoms with Gasteiger partial charge < -0.3 is 27.4 Å². The molecule has 38 heavy (non-hydrogen) atoms. The Bertz CT molecular complexity index is 1450. The van der Waals surface area contributed by atoms with Crippen LogP contribution in [-0.4, -0.2) is 22.8 Å². The normalized spacial score (nSPS) is 12.7. The molecule has 8 nitrogen and oxygen atoms in total. The van der Waals surface area contributed by atoms with Gasteiger partial charge >= 0.3 is 0 Å². The van der Waals surface area contributed by atoms with Gasteiger partial charge in [0.25, 0.3) is 11.8 Å². The van der Waals surface area contributed by atoms with E-state index in [0.29, 0.717) is 40.0 Å². The van der Waals surface area contributed by atoms with E-state index < -0.39 is 0 Å². The number of nitrogens with zero attached hydrogens (tertiary/aromatic N) is 1. The van der Waals surface area contributed by atoms with E-state index >= 15 is 0 Å². The number of carbonyl (C=O) groups excluding carboxylic acids is 2. The van der Waals surface area contributed by atoms with E-state index in [1.54, 1.807) is 12.1 Å². The van der Waals surface area contributed by atoms with E-state index in [9.17, 15) is 9.59 Å². The summed E-state index contributed by atoms with van der Waals surface area (Å²) >= 11 is 1.25. The molecule has 9 heteroatoms. The molecule has 1 saturated carbocycles. The summed E-state index contributed by atoms with van der Waals surface area (Å²) in [6.45, 7) is 1.07. The minimum absolute atomic E-state index is 0.112. The highest BCUT2D eigenvalue weighted by Gasteiger charge is 2.24. The molecule has 0 bridgehead atoms. The third-order valence-electron chi connectivity index (χ3n) is 6.31. The number of benzene rings is 3. The van der Waals surface area contributed by atoms with Crippen LogP contribution >= 0.6 is 11.3 Å². The van der Waals surface area contributed by atoms with Gasteiger partial charge in [0.05, 0.1) is 5.69 Å². The van der Waals surface area contributed by atoms with Gasteiger partial charge in [0.1, 0.15) is 4.88 Å². The SMILES string of the molecule is NCc1cccc(-c2nc(Nc3cc(C(=O)NC4CC4)ccc3CN)sc2C(=O)NCc2ccccc2)c1. The zero-order chi connectivity index (χ0) is 26.5. The van der Waals surface area contributed by atoms with Crippen LogP contribution in [0.2, 0.25) is 0 Å². The molecule has 1 aliphatic carbocycles. The van der Waals surface area contributed by atoms with Crippen molar-refractivity contribution in [2.45, 2.75) is 38.5 Å². The van der Waals surface area contributed by atoms with Gasteiger partial charge in [-0.3, -0.25) is 9.59 Å². The molecule has 1 aliphatic rings. The number of amides is 2. The molecular formula is C29H30N6O2S. The summed E-state index contributed by atoms with van der Waals surface area (Å²) in [6.07, 6.45) is 2.03. The van der Waals surface area contributed by atoms with Crippen molar-refractivity contribution < 1.29 is 9.59 Å². The fraction of sp³-hybridized carbons (Fsp3) is 0.207. The quantitative estimate of drug-likeness (QED) is 0.209. The van der Waals surface area contributed by atoms with Crippen molar-refractivity contribution in [3.05, 3.63) is 99.9 Å². The number of rotatable bonds is 10. The molecule has 2 amide bonds. The monoisotopic (exact) mass is 526 g/mol. The average Bonchev–Trinajstić information content (AvgIpc) is 3.67. The molecule has 4 aromatic rings. The largest absolute Gasteiger partial charge is 0.349 e. The molecule has 194 valence electrons. The van der Waals surface area contributed by atoms with Crippen LogP contribution in [-0.2, 0) is 19.6 Å². The number of hydrogen-bond acceptors (Lipinski definition) is 7. The highest BCUT2D eigenvalue weighted by molar-refractivity contribution is 7.18. The van der Waals surface area contributed by atoms with Crippen LogP contribution in [0.5, 0.6) is 0 Å². The Balaban J connectivity index is 1.46. The Labute approximate surface area is 225 Å². The number of aromatic nitrogens is 1. The summed E-state index contributed by atoms with van der Waals surface area (Å²) in [5.74, 6) is -0.331. The molecular weight excluding hydrogens is 496 g/mol. The first-order chi connectivity index (χ1) is 18.5. The molecule has 1 aromatic heterocycles. The highest BCUT2D eigenvalue weighted by atomic mass is 32.1. The van der Waals surface area contributed by atoms with E-state index in [-0.39, 0.29) is 24.4 Å². The Hall–Kier alpha value is -4.05. The van der Waals surface area contributed by atoms with Crippen LogP contribution < -0.4 is 27.4 Å². The maximum atomic E-state index is 13.3. The van der Waals surface area contributed by atoms with Crippen molar-refractivity contribution in [2.75, 3.05) is 5.32 Å². The predicted octanol–water partition coefficient (Wildman–Crippen LogP) is 4.29. The second-order valence-electron chi connectivity index (χ2n) is 9.22. The first-order valence-electron chi connectivity index (χ1n) is 12.6. The fourth-order valence-electron chi connectivity index (χ4n) is 4.05. The Kier molecular flexibility index (Phi) is 7.78. The summed E-state index contributed by atoms with van der Waals surface area (Å²) in [5.41, 5.74) is 17.2. The van der Waals surface area contributed by atoms with Crippen molar-refractivity contribution in [1.29, 1.82) is 0 Å². The van der Waals surface area contributed by atoms with Crippen LogP contribution in [0.25, 0.3) is 11.3 Å². The number of anilines is 2. The Morgan fingerprint density at radius 1 is 0.895 bits per heavy atom. The van der Waals surface area contributed by atoms with Crippen molar-refractivity contribution in [2.24, 2.45) is 11.5 Å². The van der Waals surface area contributed by atoms with E-state index in [0.717, 1.165) is 35.1 Å². The van der Waals surface area contributed by atoms with Gasteiger partial charge in [-0.2, -0.15) is 0 Å². The fourth-order valence-corrected chi connectivity index (χ4v) is 4.97. The van der Waals surface area contributed by atoms with Crippen molar-refractivity contribution in [1.82, 2.24) is 15.6 Å². The summed E-state index contributed by atoms with van der Waals surface area (Å²) in [5, 5.41) is 9.86. The second-order valence-corrected chi connectivity index (χ2v) is 10.2. The predicted molar refractivity (Wildman–Crippen MR) is 151 cm³/mol. The molecule has 0 unspecified atom stereocenters. The van der Waals surface area contributed by atoms with Crippen molar-refractivity contribution in [3.63, 3.8) is 0 Å². The Morgan fingerprint density at radius 3 is 2.42 bits per heavy atom. The zero-order valence-corrected chi connectivity index (χ0v) is 21.7. The van der Waals surface area contributed by atoms with Crippen LogP contribution in [0.4, 0.5) is 10.8 Å². The lowest BCUT2D eigenvalue weighted by atomic mass is 10.1. The molecule has 0 saturated heterocycles. The van der Waals surface area contributed by atoms with E-state index in [2.05, 4.69) is 16.0 Å². The van der Waals surface area contributed by atoms with Gasteiger partial charge in [-0.15, -0.1) is 0 Å². The molecule has 5 rings (SSSR count). The third-order valence-corrected chi connectivity index (χ3v) is 7.28. The molecule has 3 aromatic carbocycles. The lowest BCUT2D eigenvalue weighted by Gasteiger charge is -2.11. The summed E-state index contributed by atoms with van der Waals surface area (Å²) in [4.78, 5) is 31.3. The number of nitrogens with one attached hydrogen (secondary N) is 3. The van der Waals surface area contributed by atoms with Gasteiger partial charge in [-0.05, 0) is 47.7 Å². The first kappa shape index (κ1) is 25.6. The van der Waals surface area contributed by atoms with Gasteiger partial charge in [-0.1, -0.05) is 65.9 Å². The molecule has 0 aliphatic heterocycles. The minimum atomic E-state index is -0.218. The van der Waals surface area contributed by atoms with Crippen LogP contribution in [0.3, 0.4) is 0 Å². The molecule has 0 atom stereocenters. The average molecular weight is 527 g/mol. The highest BCUT2D eigenvalue weighted by Crippen LogP contribution is 2.34. The molecule has 1 heterocycles. The number of thiazole rings is 1. The smallest absolute Gasteiger partial charge is 0.264 e. The second kappa shape index (κ2) is 11.6. The summed E-state index contributed by atoms with van der Waals surface area (Å²) in [7, 11) is 0. The van der Waals surface area contributed by atoms with Crippen LogP contribution in [0, 0.1) is 0 Å². The van der Waals surface area contributed by atoms with Gasteiger partial charge in [0.2, 0.25) is 0 Å². The van der Waals surface area contributed by atoms with Crippen molar-refractivity contribution in [3.8, 4) is 11.3 Å².